The molecule has 1 N–H and O–H groups in total. The molecule has 0 aliphatic heterocycles. The first-order chi connectivity index (χ1) is 12.7. The van der Waals surface area contributed by atoms with Crippen LogP contribution in [-0.2, 0) is 14.8 Å². The fourth-order valence-corrected chi connectivity index (χ4v) is 3.21. The van der Waals surface area contributed by atoms with Crippen LogP contribution in [0.2, 0.25) is 0 Å². The van der Waals surface area contributed by atoms with Crippen molar-refractivity contribution >= 4 is 21.6 Å². The number of sulfonamides is 1. The van der Waals surface area contributed by atoms with Crippen LogP contribution in [0, 0.1) is 18.6 Å². The van der Waals surface area contributed by atoms with Gasteiger partial charge >= 0.3 is 0 Å². The Bertz CT molecular complexity index is 902. The SMILES string of the molecule is Cc1ccc(OCC(=O)NCCN(c2ccc(F)cc2F)S(C)(=O)=O)cc1. The summed E-state index contributed by atoms with van der Waals surface area (Å²) in [6, 6.07) is 9.74. The Hall–Kier alpha value is -2.68. The number of hydrogen-bond acceptors (Lipinski definition) is 4. The number of amides is 1. The van der Waals surface area contributed by atoms with Gasteiger partial charge in [0.15, 0.2) is 6.61 Å². The molecule has 0 fully saturated rings. The minimum absolute atomic E-state index is 0.0695. The second-order valence-electron chi connectivity index (χ2n) is 5.88. The molecule has 0 saturated heterocycles. The lowest BCUT2D eigenvalue weighted by atomic mass is 10.2. The van der Waals surface area contributed by atoms with E-state index in [1.165, 1.54) is 0 Å². The maximum absolute atomic E-state index is 13.9. The molecule has 0 aliphatic rings. The molecule has 0 unspecified atom stereocenters. The molecule has 2 aromatic rings. The van der Waals surface area contributed by atoms with Gasteiger partial charge < -0.3 is 10.1 Å². The number of ether oxygens (including phenoxy) is 1. The summed E-state index contributed by atoms with van der Waals surface area (Å²) in [6.45, 7) is 1.40. The molecule has 0 aliphatic carbocycles. The van der Waals surface area contributed by atoms with Gasteiger partial charge in [-0.2, -0.15) is 0 Å². The zero-order chi connectivity index (χ0) is 20.0. The van der Waals surface area contributed by atoms with Crippen LogP contribution in [0.15, 0.2) is 42.5 Å². The first-order valence-electron chi connectivity index (χ1n) is 8.06. The van der Waals surface area contributed by atoms with Crippen molar-refractivity contribution in [2.24, 2.45) is 0 Å². The van der Waals surface area contributed by atoms with Crippen molar-refractivity contribution in [3.8, 4) is 5.75 Å². The molecule has 0 radical (unpaired) electrons. The van der Waals surface area contributed by atoms with Gasteiger partial charge in [-0.15, -0.1) is 0 Å². The van der Waals surface area contributed by atoms with E-state index in [-0.39, 0.29) is 25.4 Å². The molecular formula is C18H20F2N2O4S. The highest BCUT2D eigenvalue weighted by atomic mass is 32.2. The molecule has 9 heteroatoms. The van der Waals surface area contributed by atoms with Gasteiger partial charge in [0.2, 0.25) is 10.0 Å². The van der Waals surface area contributed by atoms with E-state index in [4.69, 9.17) is 4.74 Å². The minimum atomic E-state index is -3.82. The topological polar surface area (TPSA) is 75.7 Å². The van der Waals surface area contributed by atoms with Gasteiger partial charge in [0.1, 0.15) is 17.4 Å². The maximum Gasteiger partial charge on any atom is 0.258 e. The third kappa shape index (κ3) is 6.21. The van der Waals surface area contributed by atoms with E-state index in [1.807, 2.05) is 19.1 Å². The van der Waals surface area contributed by atoms with Crippen LogP contribution in [0.25, 0.3) is 0 Å². The van der Waals surface area contributed by atoms with Crippen molar-refractivity contribution in [1.29, 1.82) is 0 Å². The molecule has 0 atom stereocenters. The molecule has 0 saturated carbocycles. The molecule has 0 aromatic heterocycles. The number of anilines is 1. The normalized spacial score (nSPS) is 11.1. The van der Waals surface area contributed by atoms with Crippen molar-refractivity contribution in [3.63, 3.8) is 0 Å². The molecule has 27 heavy (non-hydrogen) atoms. The molecule has 0 spiro atoms. The number of aryl methyl sites for hydroxylation is 1. The van der Waals surface area contributed by atoms with Crippen molar-refractivity contribution in [3.05, 3.63) is 59.7 Å². The molecule has 0 heterocycles. The van der Waals surface area contributed by atoms with Crippen LogP contribution in [-0.4, -0.2) is 40.3 Å². The Balaban J connectivity index is 1.91. The van der Waals surface area contributed by atoms with Crippen LogP contribution in [0.3, 0.4) is 0 Å². The number of carbonyl (C=O) groups excluding carboxylic acids is 1. The summed E-state index contributed by atoms with van der Waals surface area (Å²) in [7, 11) is -3.82. The zero-order valence-electron chi connectivity index (χ0n) is 14.9. The standard InChI is InChI=1S/C18H20F2N2O4S/c1-13-3-6-15(7-4-13)26-12-18(23)21-9-10-22(27(2,24)25)17-8-5-14(19)11-16(17)20/h3-8,11H,9-10,12H2,1-2H3,(H,21,23). The van der Waals surface area contributed by atoms with Crippen molar-refractivity contribution < 1.29 is 26.7 Å². The Morgan fingerprint density at radius 1 is 1.15 bits per heavy atom. The summed E-state index contributed by atoms with van der Waals surface area (Å²) in [5, 5.41) is 2.50. The molecular weight excluding hydrogens is 378 g/mol. The first kappa shape index (κ1) is 20.6. The molecule has 2 aromatic carbocycles. The maximum atomic E-state index is 13.9. The number of hydrogen-bond donors (Lipinski definition) is 1. The van der Waals surface area contributed by atoms with E-state index in [1.54, 1.807) is 12.1 Å². The Morgan fingerprint density at radius 3 is 2.41 bits per heavy atom. The van der Waals surface area contributed by atoms with E-state index in [2.05, 4.69) is 5.32 Å². The van der Waals surface area contributed by atoms with Crippen LogP contribution >= 0.6 is 0 Å². The summed E-state index contributed by atoms with van der Waals surface area (Å²) in [4.78, 5) is 11.8. The molecule has 146 valence electrons. The van der Waals surface area contributed by atoms with Crippen LogP contribution in [0.4, 0.5) is 14.5 Å². The average molecular weight is 398 g/mol. The predicted octanol–water partition coefficient (Wildman–Crippen LogP) is 2.23. The summed E-state index contributed by atoms with van der Waals surface area (Å²) in [6.07, 6.45) is 0.901. The highest BCUT2D eigenvalue weighted by Gasteiger charge is 2.21. The van der Waals surface area contributed by atoms with Crippen LogP contribution in [0.5, 0.6) is 5.75 Å². The quantitative estimate of drug-likeness (QED) is 0.740. The van der Waals surface area contributed by atoms with Gasteiger partial charge in [0, 0.05) is 12.6 Å². The van der Waals surface area contributed by atoms with Crippen molar-refractivity contribution in [2.45, 2.75) is 6.92 Å². The average Bonchev–Trinajstić information content (AvgIpc) is 2.58. The van der Waals surface area contributed by atoms with Gasteiger partial charge in [-0.05, 0) is 31.2 Å². The van der Waals surface area contributed by atoms with E-state index >= 15 is 0 Å². The van der Waals surface area contributed by atoms with Crippen molar-refractivity contribution in [2.75, 3.05) is 30.3 Å². The zero-order valence-corrected chi connectivity index (χ0v) is 15.7. The number of benzene rings is 2. The fourth-order valence-electron chi connectivity index (χ4n) is 2.28. The lowest BCUT2D eigenvalue weighted by molar-refractivity contribution is -0.123. The first-order valence-corrected chi connectivity index (χ1v) is 9.90. The van der Waals surface area contributed by atoms with E-state index < -0.39 is 27.6 Å². The summed E-state index contributed by atoms with van der Waals surface area (Å²) >= 11 is 0. The summed E-state index contributed by atoms with van der Waals surface area (Å²) < 4.78 is 56.8. The van der Waals surface area contributed by atoms with Crippen LogP contribution < -0.4 is 14.4 Å². The van der Waals surface area contributed by atoms with Crippen molar-refractivity contribution in [1.82, 2.24) is 5.32 Å². The monoisotopic (exact) mass is 398 g/mol. The van der Waals surface area contributed by atoms with Gasteiger partial charge in [-0.1, -0.05) is 17.7 Å². The molecule has 1 amide bonds. The third-order valence-electron chi connectivity index (χ3n) is 3.61. The summed E-state index contributed by atoms with van der Waals surface area (Å²) in [5.74, 6) is -1.74. The minimum Gasteiger partial charge on any atom is -0.484 e. The van der Waals surface area contributed by atoms with Crippen LogP contribution in [0.1, 0.15) is 5.56 Å². The molecule has 2 rings (SSSR count). The number of nitrogens with one attached hydrogen (secondary N) is 1. The highest BCUT2D eigenvalue weighted by molar-refractivity contribution is 7.92. The van der Waals surface area contributed by atoms with Gasteiger partial charge in [0.25, 0.3) is 5.91 Å². The lowest BCUT2D eigenvalue weighted by Gasteiger charge is -2.23. The highest BCUT2D eigenvalue weighted by Crippen LogP contribution is 2.22. The number of carbonyl (C=O) groups is 1. The number of rotatable bonds is 8. The number of nitrogens with zero attached hydrogens (tertiary/aromatic N) is 1. The summed E-state index contributed by atoms with van der Waals surface area (Å²) in [5.41, 5.74) is 0.768. The Morgan fingerprint density at radius 2 is 1.81 bits per heavy atom. The number of halogens is 2. The fraction of sp³-hybridized carbons (Fsp3) is 0.278. The van der Waals surface area contributed by atoms with E-state index in [0.29, 0.717) is 11.8 Å². The second kappa shape index (κ2) is 8.81. The molecule has 6 nitrogen and oxygen atoms in total. The third-order valence-corrected chi connectivity index (χ3v) is 4.79. The Labute approximate surface area is 156 Å². The van der Waals surface area contributed by atoms with Gasteiger partial charge in [0.05, 0.1) is 18.5 Å². The van der Waals surface area contributed by atoms with Gasteiger partial charge in [-0.3, -0.25) is 9.10 Å². The largest absolute Gasteiger partial charge is 0.484 e. The predicted molar refractivity (Wildman–Crippen MR) is 98.2 cm³/mol. The van der Waals surface area contributed by atoms with Gasteiger partial charge in [-0.25, -0.2) is 17.2 Å². The smallest absolute Gasteiger partial charge is 0.258 e. The second-order valence-corrected chi connectivity index (χ2v) is 7.79. The molecule has 0 bridgehead atoms. The van der Waals surface area contributed by atoms with E-state index in [0.717, 1.165) is 28.3 Å². The Kier molecular flexibility index (Phi) is 6.73. The lowest BCUT2D eigenvalue weighted by Crippen LogP contribution is -2.39. The van der Waals surface area contributed by atoms with E-state index in [9.17, 15) is 22.0 Å².